The maximum absolute atomic E-state index is 11.2. The molecule has 7 nitrogen and oxygen atoms in total. The molecule has 3 N–H and O–H groups in total. The van der Waals surface area contributed by atoms with E-state index in [1.807, 2.05) is 0 Å². The molecule has 0 radical (unpaired) electrons. The number of furan rings is 1. The van der Waals surface area contributed by atoms with Gasteiger partial charge >= 0.3 is 12.0 Å². The molecule has 1 heterocycles. The molecule has 0 fully saturated rings. The average Bonchev–Trinajstić information content (AvgIpc) is 2.60. The van der Waals surface area contributed by atoms with Gasteiger partial charge in [0.2, 0.25) is 5.76 Å². The number of ether oxygens (including phenoxy) is 1. The highest BCUT2D eigenvalue weighted by Gasteiger charge is 2.13. The van der Waals surface area contributed by atoms with E-state index in [9.17, 15) is 14.4 Å². The van der Waals surface area contributed by atoms with Gasteiger partial charge in [-0.3, -0.25) is 10.1 Å². The first-order chi connectivity index (χ1) is 7.49. The van der Waals surface area contributed by atoms with Gasteiger partial charge in [-0.1, -0.05) is 0 Å². The summed E-state index contributed by atoms with van der Waals surface area (Å²) in [7, 11) is 0. The smallest absolute Gasteiger partial charge is 0.374 e. The predicted molar refractivity (Wildman–Crippen MR) is 51.5 cm³/mol. The molecule has 0 bridgehead atoms. The monoisotopic (exact) mass is 226 g/mol. The van der Waals surface area contributed by atoms with E-state index in [4.69, 9.17) is 4.42 Å². The van der Waals surface area contributed by atoms with Crippen LogP contribution in [-0.4, -0.2) is 24.5 Å². The Morgan fingerprint density at radius 2 is 2.12 bits per heavy atom. The minimum Gasteiger partial charge on any atom is -0.454 e. The summed E-state index contributed by atoms with van der Waals surface area (Å²) in [6.45, 7) is 1.07. The summed E-state index contributed by atoms with van der Waals surface area (Å²) in [5.74, 6) is -1.05. The van der Waals surface area contributed by atoms with Gasteiger partial charge in [-0.15, -0.1) is 0 Å². The van der Waals surface area contributed by atoms with Crippen LogP contribution in [0.4, 0.5) is 4.79 Å². The lowest BCUT2D eigenvalue weighted by Crippen LogP contribution is -2.37. The van der Waals surface area contributed by atoms with Crippen molar-refractivity contribution < 1.29 is 23.5 Å². The standard InChI is InChI=1S/C9H10N2O5/c1-5-2-3-6(16-5)8(13)15-4-7(12)11-9(10)14/h2-3H,4H2,1H3,(H3,10,11,12,14). The van der Waals surface area contributed by atoms with E-state index in [1.165, 1.54) is 6.07 Å². The Bertz CT molecular complexity index is 423. The highest BCUT2D eigenvalue weighted by Crippen LogP contribution is 2.07. The zero-order valence-corrected chi connectivity index (χ0v) is 8.48. The molecule has 1 rings (SSSR count). The second-order valence-electron chi connectivity index (χ2n) is 2.90. The molecule has 1 aromatic heterocycles. The number of esters is 1. The fraction of sp³-hybridized carbons (Fsp3) is 0.222. The number of amides is 3. The van der Waals surface area contributed by atoms with Crippen molar-refractivity contribution >= 4 is 17.9 Å². The van der Waals surface area contributed by atoms with Crippen LogP contribution in [0, 0.1) is 6.92 Å². The van der Waals surface area contributed by atoms with Crippen LogP contribution >= 0.6 is 0 Å². The molecular weight excluding hydrogens is 216 g/mol. The third-order valence-corrected chi connectivity index (χ3v) is 1.54. The molecule has 0 atom stereocenters. The summed E-state index contributed by atoms with van der Waals surface area (Å²) in [4.78, 5) is 32.4. The lowest BCUT2D eigenvalue weighted by Gasteiger charge is -2.01. The first-order valence-corrected chi connectivity index (χ1v) is 4.32. The van der Waals surface area contributed by atoms with Crippen LogP contribution in [0.15, 0.2) is 16.5 Å². The van der Waals surface area contributed by atoms with Crippen molar-refractivity contribution in [2.45, 2.75) is 6.92 Å². The van der Waals surface area contributed by atoms with Crippen molar-refractivity contribution in [3.8, 4) is 0 Å². The van der Waals surface area contributed by atoms with Crippen LogP contribution in [0.25, 0.3) is 0 Å². The van der Waals surface area contributed by atoms with Crippen molar-refractivity contribution in [3.05, 3.63) is 23.7 Å². The van der Waals surface area contributed by atoms with Crippen LogP contribution in [-0.2, 0) is 9.53 Å². The number of carbonyl (C=O) groups is 3. The van der Waals surface area contributed by atoms with E-state index in [2.05, 4.69) is 10.5 Å². The summed E-state index contributed by atoms with van der Waals surface area (Å²) < 4.78 is 9.51. The van der Waals surface area contributed by atoms with Crippen LogP contribution in [0.3, 0.4) is 0 Å². The predicted octanol–water partition coefficient (Wildman–Crippen LogP) is -0.0603. The minimum absolute atomic E-state index is 0.00984. The molecule has 0 aliphatic carbocycles. The molecule has 0 spiro atoms. The molecule has 0 aliphatic rings. The summed E-state index contributed by atoms with van der Waals surface area (Å²) in [5, 5.41) is 1.75. The van der Waals surface area contributed by atoms with Crippen LogP contribution in [0.1, 0.15) is 16.3 Å². The van der Waals surface area contributed by atoms with Gasteiger partial charge in [0.25, 0.3) is 5.91 Å². The van der Waals surface area contributed by atoms with Crippen molar-refractivity contribution in [2.75, 3.05) is 6.61 Å². The number of hydrogen-bond acceptors (Lipinski definition) is 5. The highest BCUT2D eigenvalue weighted by molar-refractivity contribution is 5.95. The molecule has 0 unspecified atom stereocenters. The maximum atomic E-state index is 11.2. The maximum Gasteiger partial charge on any atom is 0.374 e. The Morgan fingerprint density at radius 1 is 1.44 bits per heavy atom. The number of hydrogen-bond donors (Lipinski definition) is 2. The zero-order valence-electron chi connectivity index (χ0n) is 8.48. The van der Waals surface area contributed by atoms with Gasteiger partial charge in [0, 0.05) is 0 Å². The Hall–Kier alpha value is -2.31. The molecule has 1 aromatic rings. The molecule has 0 saturated heterocycles. The molecule has 3 amide bonds. The summed E-state index contributed by atoms with van der Waals surface area (Å²) >= 11 is 0. The zero-order chi connectivity index (χ0) is 12.1. The average molecular weight is 226 g/mol. The molecular formula is C9H10N2O5. The molecule has 0 saturated carbocycles. The van der Waals surface area contributed by atoms with Gasteiger partial charge < -0.3 is 14.9 Å². The second kappa shape index (κ2) is 4.96. The summed E-state index contributed by atoms with van der Waals surface area (Å²) in [6, 6.07) is 2.00. The first-order valence-electron chi connectivity index (χ1n) is 4.32. The number of aryl methyl sites for hydroxylation is 1. The van der Waals surface area contributed by atoms with E-state index < -0.39 is 24.5 Å². The van der Waals surface area contributed by atoms with Gasteiger partial charge in [0.15, 0.2) is 6.61 Å². The first kappa shape index (κ1) is 11.8. The Labute approximate surface area is 90.5 Å². The van der Waals surface area contributed by atoms with Crippen molar-refractivity contribution in [1.82, 2.24) is 5.32 Å². The molecule has 0 aromatic carbocycles. The van der Waals surface area contributed by atoms with E-state index in [-0.39, 0.29) is 5.76 Å². The highest BCUT2D eigenvalue weighted by atomic mass is 16.5. The molecule has 0 aliphatic heterocycles. The van der Waals surface area contributed by atoms with Gasteiger partial charge in [-0.05, 0) is 19.1 Å². The lowest BCUT2D eigenvalue weighted by atomic mass is 10.4. The molecule has 86 valence electrons. The van der Waals surface area contributed by atoms with Gasteiger partial charge in [-0.2, -0.15) is 0 Å². The van der Waals surface area contributed by atoms with Crippen LogP contribution in [0.5, 0.6) is 0 Å². The number of nitrogens with two attached hydrogens (primary N) is 1. The van der Waals surface area contributed by atoms with Gasteiger partial charge in [-0.25, -0.2) is 9.59 Å². The fourth-order valence-electron chi connectivity index (χ4n) is 0.920. The van der Waals surface area contributed by atoms with Crippen LogP contribution < -0.4 is 11.1 Å². The van der Waals surface area contributed by atoms with E-state index in [0.29, 0.717) is 5.76 Å². The van der Waals surface area contributed by atoms with E-state index in [1.54, 1.807) is 18.3 Å². The largest absolute Gasteiger partial charge is 0.454 e. The topological polar surface area (TPSA) is 112 Å². The fourth-order valence-corrected chi connectivity index (χ4v) is 0.920. The minimum atomic E-state index is -1.00. The number of nitrogens with one attached hydrogen (secondary N) is 1. The second-order valence-corrected chi connectivity index (χ2v) is 2.90. The Morgan fingerprint density at radius 3 is 2.62 bits per heavy atom. The number of imide groups is 1. The SMILES string of the molecule is Cc1ccc(C(=O)OCC(=O)NC(N)=O)o1. The third kappa shape index (κ3) is 3.45. The Balaban J connectivity index is 2.41. The van der Waals surface area contributed by atoms with E-state index in [0.717, 1.165) is 0 Å². The number of primary amides is 1. The number of urea groups is 1. The Kier molecular flexibility index (Phi) is 3.65. The molecule has 7 heteroatoms. The van der Waals surface area contributed by atoms with Gasteiger partial charge in [0.05, 0.1) is 0 Å². The van der Waals surface area contributed by atoms with Crippen molar-refractivity contribution in [1.29, 1.82) is 0 Å². The number of rotatable bonds is 3. The quantitative estimate of drug-likeness (QED) is 0.701. The summed E-state index contributed by atoms with van der Waals surface area (Å²) in [6.07, 6.45) is 0. The van der Waals surface area contributed by atoms with E-state index >= 15 is 0 Å². The van der Waals surface area contributed by atoms with Crippen molar-refractivity contribution in [2.24, 2.45) is 5.73 Å². The number of carbonyl (C=O) groups excluding carboxylic acids is 3. The van der Waals surface area contributed by atoms with Crippen LogP contribution in [0.2, 0.25) is 0 Å². The van der Waals surface area contributed by atoms with Crippen molar-refractivity contribution in [3.63, 3.8) is 0 Å². The summed E-state index contributed by atoms with van der Waals surface area (Å²) in [5.41, 5.74) is 4.68. The van der Waals surface area contributed by atoms with Gasteiger partial charge in [0.1, 0.15) is 5.76 Å². The lowest BCUT2D eigenvalue weighted by molar-refractivity contribution is -0.123. The third-order valence-electron chi connectivity index (χ3n) is 1.54. The normalized spacial score (nSPS) is 9.56. The molecule has 16 heavy (non-hydrogen) atoms.